The summed E-state index contributed by atoms with van der Waals surface area (Å²) < 4.78 is 13.3. The molecule has 2 rings (SSSR count). The molecule has 9 nitrogen and oxygen atoms in total. The Morgan fingerprint density at radius 3 is 2.88 bits per heavy atom. The maximum absolute atomic E-state index is 11.5. The third-order valence-corrected chi connectivity index (χ3v) is 2.39. The van der Waals surface area contributed by atoms with Gasteiger partial charge in [-0.2, -0.15) is 4.98 Å². The first-order valence-electron chi connectivity index (χ1n) is 5.25. The number of nitrogens with two attached hydrogens (primary N) is 1. The SMILES string of the molecule is [2H]C1(O)[C@H](O)[C@H](n2cnc(N)nc2=O)O[C@@H]1CO. The fourth-order valence-corrected chi connectivity index (χ4v) is 1.53. The second-order valence-corrected chi connectivity index (χ2v) is 3.47. The quantitative estimate of drug-likeness (QED) is 0.427. The molecule has 5 N–H and O–H groups in total. The normalized spacial score (nSPS) is 38.1. The number of aliphatic hydroxyl groups excluding tert-OH is 2. The predicted octanol–water partition coefficient (Wildman–Crippen LogP) is -3.17. The molecule has 94 valence electrons. The van der Waals surface area contributed by atoms with Gasteiger partial charge >= 0.3 is 5.69 Å². The summed E-state index contributed by atoms with van der Waals surface area (Å²) in [5.74, 6) is -0.247. The van der Waals surface area contributed by atoms with Crippen molar-refractivity contribution >= 4 is 5.95 Å². The molecule has 17 heavy (non-hydrogen) atoms. The lowest BCUT2D eigenvalue weighted by Crippen LogP contribution is -2.36. The Hall–Kier alpha value is -1.55. The first kappa shape index (κ1) is 10.6. The van der Waals surface area contributed by atoms with Crippen molar-refractivity contribution < 1.29 is 21.4 Å². The van der Waals surface area contributed by atoms with Crippen LogP contribution in [0.2, 0.25) is 0 Å². The van der Waals surface area contributed by atoms with Gasteiger partial charge in [0.15, 0.2) is 6.23 Å². The van der Waals surface area contributed by atoms with E-state index in [1.165, 1.54) is 0 Å². The topological polar surface area (TPSA) is 144 Å². The zero-order chi connectivity index (χ0) is 13.5. The van der Waals surface area contributed by atoms with E-state index in [4.69, 9.17) is 16.9 Å². The van der Waals surface area contributed by atoms with E-state index < -0.39 is 36.8 Å². The van der Waals surface area contributed by atoms with Crippen LogP contribution in [-0.2, 0) is 4.74 Å². The van der Waals surface area contributed by atoms with Crippen molar-refractivity contribution in [3.05, 3.63) is 16.8 Å². The predicted molar refractivity (Wildman–Crippen MR) is 53.7 cm³/mol. The average molecular weight is 245 g/mol. The highest BCUT2D eigenvalue weighted by Crippen LogP contribution is 2.27. The Balaban J connectivity index is 2.38. The summed E-state index contributed by atoms with van der Waals surface area (Å²) >= 11 is 0. The van der Waals surface area contributed by atoms with Crippen LogP contribution in [0.25, 0.3) is 0 Å². The van der Waals surface area contributed by atoms with Crippen LogP contribution in [0, 0.1) is 0 Å². The number of aromatic nitrogens is 3. The fraction of sp³-hybridized carbons (Fsp3) is 0.625. The molecule has 1 unspecified atom stereocenters. The summed E-state index contributed by atoms with van der Waals surface area (Å²) in [4.78, 5) is 18.4. The molecule has 1 aromatic rings. The highest BCUT2D eigenvalue weighted by Gasteiger charge is 2.43. The average Bonchev–Trinajstić information content (AvgIpc) is 2.52. The monoisotopic (exact) mass is 245 g/mol. The Kier molecular flexibility index (Phi) is 2.73. The summed E-state index contributed by atoms with van der Waals surface area (Å²) in [6.45, 7) is -0.682. The van der Waals surface area contributed by atoms with E-state index in [2.05, 4.69) is 9.97 Å². The van der Waals surface area contributed by atoms with Crippen molar-refractivity contribution in [1.29, 1.82) is 0 Å². The molecule has 0 aromatic carbocycles. The minimum absolute atomic E-state index is 0.247. The molecule has 1 saturated heterocycles. The molecule has 0 radical (unpaired) electrons. The van der Waals surface area contributed by atoms with Crippen LogP contribution in [0.4, 0.5) is 5.95 Å². The minimum atomic E-state index is -2.43. The van der Waals surface area contributed by atoms with Crippen LogP contribution in [-0.4, -0.2) is 54.7 Å². The highest BCUT2D eigenvalue weighted by molar-refractivity contribution is 5.10. The van der Waals surface area contributed by atoms with Gasteiger partial charge in [0.05, 0.1) is 7.98 Å². The van der Waals surface area contributed by atoms with Crippen LogP contribution in [0.1, 0.15) is 7.60 Å². The van der Waals surface area contributed by atoms with Crippen molar-refractivity contribution in [1.82, 2.24) is 14.5 Å². The molecule has 0 spiro atoms. The summed E-state index contributed by atoms with van der Waals surface area (Å²) in [7, 11) is 0. The molecule has 0 amide bonds. The van der Waals surface area contributed by atoms with Crippen molar-refractivity contribution in [2.24, 2.45) is 0 Å². The van der Waals surface area contributed by atoms with Gasteiger partial charge in [-0.1, -0.05) is 0 Å². The largest absolute Gasteiger partial charge is 0.394 e. The number of aliphatic hydroxyl groups is 3. The molecule has 2 heterocycles. The Morgan fingerprint density at radius 2 is 2.35 bits per heavy atom. The smallest absolute Gasteiger partial charge is 0.354 e. The number of anilines is 1. The Bertz CT molecular complexity index is 507. The first-order chi connectivity index (χ1) is 8.37. The van der Waals surface area contributed by atoms with Crippen LogP contribution in [0.3, 0.4) is 0 Å². The number of ether oxygens (including phenoxy) is 1. The van der Waals surface area contributed by atoms with E-state index in [9.17, 15) is 15.0 Å². The number of nitrogen functional groups attached to an aromatic ring is 1. The second-order valence-electron chi connectivity index (χ2n) is 3.47. The van der Waals surface area contributed by atoms with Crippen LogP contribution in [0.15, 0.2) is 11.1 Å². The number of nitrogens with zero attached hydrogens (tertiary/aromatic N) is 3. The molecule has 0 bridgehead atoms. The first-order valence-corrected chi connectivity index (χ1v) is 4.75. The number of hydrogen-bond donors (Lipinski definition) is 4. The van der Waals surface area contributed by atoms with Gasteiger partial charge in [0.25, 0.3) is 0 Å². The van der Waals surface area contributed by atoms with Gasteiger partial charge in [0, 0.05) is 0 Å². The van der Waals surface area contributed by atoms with Gasteiger partial charge < -0.3 is 25.8 Å². The van der Waals surface area contributed by atoms with Gasteiger partial charge in [-0.05, 0) is 0 Å². The zero-order valence-corrected chi connectivity index (χ0v) is 8.59. The lowest BCUT2D eigenvalue weighted by Gasteiger charge is -2.16. The minimum Gasteiger partial charge on any atom is -0.394 e. The van der Waals surface area contributed by atoms with Crippen LogP contribution >= 0.6 is 0 Å². The zero-order valence-electron chi connectivity index (χ0n) is 9.59. The molecule has 1 aliphatic heterocycles. The van der Waals surface area contributed by atoms with Gasteiger partial charge in [-0.3, -0.25) is 4.57 Å². The molecule has 9 heteroatoms. The van der Waals surface area contributed by atoms with E-state index >= 15 is 0 Å². The molecule has 0 aliphatic carbocycles. The highest BCUT2D eigenvalue weighted by atomic mass is 16.6. The summed E-state index contributed by atoms with van der Waals surface area (Å²) in [6, 6.07) is 0. The molecule has 4 atom stereocenters. The summed E-state index contributed by atoms with van der Waals surface area (Å²) in [5.41, 5.74) is 4.36. The van der Waals surface area contributed by atoms with Crippen molar-refractivity contribution in [3.8, 4) is 0 Å². The molecule has 0 saturated carbocycles. The molecular weight excluding hydrogens is 232 g/mol. The maximum Gasteiger partial charge on any atom is 0.354 e. The third-order valence-electron chi connectivity index (χ3n) is 2.39. The molecular formula is C8H12N4O5. The second kappa shape index (κ2) is 4.37. The van der Waals surface area contributed by atoms with Gasteiger partial charge in [-0.15, -0.1) is 0 Å². The van der Waals surface area contributed by atoms with E-state index in [1.54, 1.807) is 0 Å². The van der Waals surface area contributed by atoms with Gasteiger partial charge in [-0.25, -0.2) is 9.78 Å². The maximum atomic E-state index is 11.5. The summed E-state index contributed by atoms with van der Waals surface area (Å²) in [5, 5.41) is 28.3. The molecule has 1 aliphatic rings. The standard InChI is InChI=1S/C8H12N4O5/c9-7-10-2-12(8(16)11-7)6-5(15)4(14)3(1-13)17-6/h2-6,13-15H,1H2,(H2,9,11,16)/t3-,4?,5+,6-/m1/s1/i4D. The van der Waals surface area contributed by atoms with E-state index in [0.29, 0.717) is 0 Å². The van der Waals surface area contributed by atoms with Gasteiger partial charge in [0.1, 0.15) is 24.6 Å². The van der Waals surface area contributed by atoms with Crippen LogP contribution < -0.4 is 11.4 Å². The van der Waals surface area contributed by atoms with Gasteiger partial charge in [0.2, 0.25) is 5.95 Å². The fourth-order valence-electron chi connectivity index (χ4n) is 1.53. The number of hydrogen-bond acceptors (Lipinski definition) is 8. The van der Waals surface area contributed by atoms with Crippen LogP contribution in [0.5, 0.6) is 0 Å². The van der Waals surface area contributed by atoms with Crippen molar-refractivity contribution in [2.45, 2.75) is 24.5 Å². The molecule has 1 aromatic heterocycles. The number of rotatable bonds is 2. The van der Waals surface area contributed by atoms with E-state index in [1.807, 2.05) is 0 Å². The van der Waals surface area contributed by atoms with Crippen molar-refractivity contribution in [2.75, 3.05) is 12.3 Å². The Morgan fingerprint density at radius 1 is 1.65 bits per heavy atom. The summed E-state index contributed by atoms with van der Waals surface area (Å²) in [6.07, 6.45) is -5.89. The van der Waals surface area contributed by atoms with E-state index in [0.717, 1.165) is 10.9 Å². The van der Waals surface area contributed by atoms with Crippen molar-refractivity contribution in [3.63, 3.8) is 0 Å². The Labute approximate surface area is 96.5 Å². The third kappa shape index (κ3) is 2.00. The molecule has 1 fully saturated rings. The lowest BCUT2D eigenvalue weighted by atomic mass is 10.1. The lowest BCUT2D eigenvalue weighted by molar-refractivity contribution is -0.0554. The van der Waals surface area contributed by atoms with E-state index in [-0.39, 0.29) is 5.95 Å².